The Balaban J connectivity index is 1.32. The number of carbonyl (C=O) groups excluding carboxylic acids is 2. The number of hydrogen-bond acceptors (Lipinski definition) is 4. The lowest BCUT2D eigenvalue weighted by molar-refractivity contribution is -0.118. The molecule has 1 fully saturated rings. The van der Waals surface area contributed by atoms with Gasteiger partial charge in [0.1, 0.15) is 6.33 Å². The summed E-state index contributed by atoms with van der Waals surface area (Å²) in [6.07, 6.45) is 4.29. The minimum Gasteiger partial charge on any atom is -0.346 e. The van der Waals surface area contributed by atoms with E-state index < -0.39 is 17.0 Å². The zero-order valence-corrected chi connectivity index (χ0v) is 17.6. The summed E-state index contributed by atoms with van der Waals surface area (Å²) in [5.41, 5.74) is 1.01. The number of carbonyl (C=O) groups is 2. The molecule has 32 heavy (non-hydrogen) atoms. The Labute approximate surface area is 185 Å². The van der Waals surface area contributed by atoms with E-state index in [0.29, 0.717) is 41.8 Å². The van der Waals surface area contributed by atoms with E-state index >= 15 is 0 Å². The number of rotatable bonds is 6. The van der Waals surface area contributed by atoms with E-state index in [1.807, 2.05) is 17.5 Å². The molecule has 0 radical (unpaired) electrons. The number of fused-ring (bicyclic) bond motifs is 1. The predicted molar refractivity (Wildman–Crippen MR) is 117 cm³/mol. The molecule has 3 heterocycles. The van der Waals surface area contributed by atoms with Crippen molar-refractivity contribution in [2.75, 3.05) is 5.32 Å². The van der Waals surface area contributed by atoms with Crippen molar-refractivity contribution in [3.63, 3.8) is 0 Å². The smallest absolute Gasteiger partial charge is 0.272 e. The molecule has 0 bridgehead atoms. The van der Waals surface area contributed by atoms with Crippen LogP contribution in [0.25, 0.3) is 5.52 Å². The van der Waals surface area contributed by atoms with Crippen molar-refractivity contribution in [1.29, 1.82) is 0 Å². The van der Waals surface area contributed by atoms with E-state index in [9.17, 15) is 18.4 Å². The van der Waals surface area contributed by atoms with Crippen molar-refractivity contribution in [2.45, 2.75) is 24.8 Å². The Morgan fingerprint density at radius 3 is 2.69 bits per heavy atom. The van der Waals surface area contributed by atoms with Gasteiger partial charge in [0.2, 0.25) is 5.91 Å². The molecule has 0 spiro atoms. The number of halogens is 2. The first-order valence-electron chi connectivity index (χ1n) is 10.0. The van der Waals surface area contributed by atoms with Gasteiger partial charge in [-0.2, -0.15) is 0 Å². The summed E-state index contributed by atoms with van der Waals surface area (Å²) in [6, 6.07) is 10.8. The molecular weight excluding hydrogens is 434 g/mol. The van der Waals surface area contributed by atoms with Gasteiger partial charge in [-0.3, -0.25) is 9.59 Å². The first kappa shape index (κ1) is 20.3. The summed E-state index contributed by atoms with van der Waals surface area (Å²) < 4.78 is 28.6. The molecule has 5 rings (SSSR count). The number of nitrogens with zero attached hydrogens (tertiary/aromatic N) is 2. The Hall–Kier alpha value is -3.59. The molecule has 1 aliphatic carbocycles. The van der Waals surface area contributed by atoms with Crippen LogP contribution in [-0.4, -0.2) is 21.2 Å². The summed E-state index contributed by atoms with van der Waals surface area (Å²) in [6.45, 7) is 0.426. The average molecular weight is 452 g/mol. The van der Waals surface area contributed by atoms with Crippen LogP contribution in [0.3, 0.4) is 0 Å². The van der Waals surface area contributed by atoms with Crippen LogP contribution in [0.4, 0.5) is 14.5 Å². The van der Waals surface area contributed by atoms with Gasteiger partial charge >= 0.3 is 0 Å². The topological polar surface area (TPSA) is 75.5 Å². The molecule has 0 aliphatic heterocycles. The molecule has 4 aromatic rings. The lowest BCUT2D eigenvalue weighted by Crippen LogP contribution is -2.28. The zero-order valence-electron chi connectivity index (χ0n) is 16.8. The molecule has 1 aliphatic rings. The van der Waals surface area contributed by atoms with Crippen LogP contribution in [0.5, 0.6) is 0 Å². The number of aromatic nitrogens is 2. The molecule has 2 N–H and O–H groups in total. The summed E-state index contributed by atoms with van der Waals surface area (Å²) in [5.74, 6) is -2.47. The highest BCUT2D eigenvalue weighted by Crippen LogP contribution is 2.49. The van der Waals surface area contributed by atoms with Crippen LogP contribution < -0.4 is 10.6 Å². The molecule has 162 valence electrons. The lowest BCUT2D eigenvalue weighted by atomic mass is 9.94. The van der Waals surface area contributed by atoms with Crippen LogP contribution >= 0.6 is 11.3 Å². The monoisotopic (exact) mass is 452 g/mol. The van der Waals surface area contributed by atoms with E-state index in [0.717, 1.165) is 17.0 Å². The van der Waals surface area contributed by atoms with Gasteiger partial charge in [-0.1, -0.05) is 12.1 Å². The first-order valence-corrected chi connectivity index (χ1v) is 10.9. The van der Waals surface area contributed by atoms with Crippen molar-refractivity contribution in [1.82, 2.24) is 14.7 Å². The Kier molecular flexibility index (Phi) is 4.97. The van der Waals surface area contributed by atoms with Gasteiger partial charge in [-0.05, 0) is 54.1 Å². The Morgan fingerprint density at radius 1 is 1.12 bits per heavy atom. The second kappa shape index (κ2) is 7.83. The number of hydrogen-bond donors (Lipinski definition) is 2. The molecule has 0 atom stereocenters. The quantitative estimate of drug-likeness (QED) is 0.459. The number of imidazole rings is 1. The van der Waals surface area contributed by atoms with Gasteiger partial charge in [-0.15, -0.1) is 11.3 Å². The normalized spacial score (nSPS) is 14.3. The van der Waals surface area contributed by atoms with Crippen molar-refractivity contribution in [2.24, 2.45) is 0 Å². The molecule has 0 unspecified atom stereocenters. The van der Waals surface area contributed by atoms with Crippen molar-refractivity contribution < 1.29 is 18.4 Å². The van der Waals surface area contributed by atoms with Crippen molar-refractivity contribution in [3.05, 3.63) is 88.1 Å². The molecule has 9 heteroatoms. The second-order valence-electron chi connectivity index (χ2n) is 7.73. The van der Waals surface area contributed by atoms with Gasteiger partial charge in [0.15, 0.2) is 17.3 Å². The van der Waals surface area contributed by atoms with E-state index in [-0.39, 0.29) is 11.8 Å². The number of benzene rings is 1. The molecule has 2 amide bonds. The predicted octanol–water partition coefficient (Wildman–Crippen LogP) is 4.27. The Bertz CT molecular complexity index is 1330. The maximum atomic E-state index is 13.7. The fraction of sp³-hybridized carbons (Fsp3) is 0.174. The molecular formula is C23H18F2N4O2S. The van der Waals surface area contributed by atoms with Crippen LogP contribution in [-0.2, 0) is 16.8 Å². The van der Waals surface area contributed by atoms with E-state index in [1.165, 1.54) is 12.4 Å². The first-order chi connectivity index (χ1) is 15.5. The minimum absolute atomic E-state index is 0.281. The van der Waals surface area contributed by atoms with Gasteiger partial charge in [0, 0.05) is 11.1 Å². The summed E-state index contributed by atoms with van der Waals surface area (Å²) in [7, 11) is 0. The highest BCUT2D eigenvalue weighted by molar-refractivity contribution is 7.09. The van der Waals surface area contributed by atoms with Gasteiger partial charge in [0.25, 0.3) is 5.91 Å². The molecule has 6 nitrogen and oxygen atoms in total. The fourth-order valence-corrected chi connectivity index (χ4v) is 4.37. The number of anilines is 1. The molecule has 1 saturated carbocycles. The van der Waals surface area contributed by atoms with Crippen LogP contribution in [0.15, 0.2) is 60.4 Å². The van der Waals surface area contributed by atoms with Gasteiger partial charge in [0.05, 0.1) is 23.2 Å². The summed E-state index contributed by atoms with van der Waals surface area (Å²) in [4.78, 5) is 30.7. The average Bonchev–Trinajstić information content (AvgIpc) is 3.23. The third-order valence-electron chi connectivity index (χ3n) is 5.66. The fourth-order valence-electron chi connectivity index (χ4n) is 3.73. The maximum absolute atomic E-state index is 13.7. The van der Waals surface area contributed by atoms with E-state index in [2.05, 4.69) is 15.6 Å². The third-order valence-corrected chi connectivity index (χ3v) is 6.54. The minimum atomic E-state index is -0.966. The number of thiophene rings is 1. The standard InChI is InChI=1S/C23H18F2N4O2S/c24-17-5-3-14(10-18(17)25)23(7-8-23)22(31)28-15-4-6-19-20(27-13-29(19)12-15)21(30)26-11-16-2-1-9-32-16/h1-6,9-10,12-13H,7-8,11H2,(H,26,30)(H,28,31). The molecule has 0 saturated heterocycles. The van der Waals surface area contributed by atoms with E-state index in [1.54, 1.807) is 34.1 Å². The van der Waals surface area contributed by atoms with Gasteiger partial charge < -0.3 is 15.0 Å². The van der Waals surface area contributed by atoms with Crippen LogP contribution in [0, 0.1) is 11.6 Å². The van der Waals surface area contributed by atoms with Crippen LogP contribution in [0.2, 0.25) is 0 Å². The highest BCUT2D eigenvalue weighted by Gasteiger charge is 2.51. The Morgan fingerprint density at radius 2 is 1.97 bits per heavy atom. The third kappa shape index (κ3) is 3.64. The summed E-state index contributed by atoms with van der Waals surface area (Å²) in [5, 5.41) is 7.64. The zero-order chi connectivity index (χ0) is 22.3. The largest absolute Gasteiger partial charge is 0.346 e. The van der Waals surface area contributed by atoms with Crippen molar-refractivity contribution >= 4 is 34.4 Å². The molecule has 3 aromatic heterocycles. The van der Waals surface area contributed by atoms with Gasteiger partial charge in [-0.25, -0.2) is 13.8 Å². The lowest BCUT2D eigenvalue weighted by Gasteiger charge is -2.16. The van der Waals surface area contributed by atoms with E-state index in [4.69, 9.17) is 0 Å². The number of pyridine rings is 1. The maximum Gasteiger partial charge on any atom is 0.272 e. The summed E-state index contributed by atoms with van der Waals surface area (Å²) >= 11 is 1.56. The molecule has 1 aromatic carbocycles. The van der Waals surface area contributed by atoms with Crippen LogP contribution in [0.1, 0.15) is 33.8 Å². The highest BCUT2D eigenvalue weighted by atomic mass is 32.1. The number of nitrogens with one attached hydrogen (secondary N) is 2. The second-order valence-corrected chi connectivity index (χ2v) is 8.76. The number of amides is 2. The van der Waals surface area contributed by atoms with Crippen molar-refractivity contribution in [3.8, 4) is 0 Å². The SMILES string of the molecule is O=C(NCc1cccs1)c1ncn2cc(NC(=O)C3(c4ccc(F)c(F)c4)CC3)ccc12.